The molecule has 0 spiro atoms. The summed E-state index contributed by atoms with van der Waals surface area (Å²) in [6, 6.07) is 8.64. The van der Waals surface area contributed by atoms with E-state index in [1.165, 1.54) is 17.2 Å². The fraction of sp³-hybridized carbons (Fsp3) is 0.286. The molecule has 0 saturated carbocycles. The van der Waals surface area contributed by atoms with E-state index in [9.17, 15) is 10.1 Å². The van der Waals surface area contributed by atoms with Crippen LogP contribution in [0, 0.1) is 24.0 Å². The van der Waals surface area contributed by atoms with Crippen LogP contribution in [0.5, 0.6) is 0 Å². The lowest BCUT2D eigenvalue weighted by atomic mass is 10.0. The zero-order valence-electron chi connectivity index (χ0n) is 10.9. The topological polar surface area (TPSA) is 82.3 Å². The number of nitro groups is 1. The molecule has 100 valence electrons. The average Bonchev–Trinajstić information content (AvgIpc) is 2.83. The molecule has 0 fully saturated rings. The minimum absolute atomic E-state index is 0.273. The van der Waals surface area contributed by atoms with Crippen molar-refractivity contribution < 1.29 is 9.34 Å². The maximum atomic E-state index is 10.5. The van der Waals surface area contributed by atoms with Gasteiger partial charge in [0.2, 0.25) is 0 Å². The second kappa shape index (κ2) is 5.24. The van der Waals surface area contributed by atoms with Gasteiger partial charge in [-0.2, -0.15) is 0 Å². The molecule has 1 unspecified atom stereocenters. The Morgan fingerprint density at radius 1 is 1.26 bits per heavy atom. The molecule has 0 bridgehead atoms. The van der Waals surface area contributed by atoms with Crippen molar-refractivity contribution in [2.45, 2.75) is 26.3 Å². The number of rotatable bonds is 4. The standard InChI is InChI=1S/C14H16N2O3/c1-9-3-4-11(7-10(9)2)8-12(15)13-5-6-14(19-13)16(17)18/h3-7,12H,8,15H2,1-2H3. The molecule has 1 aromatic heterocycles. The zero-order valence-corrected chi connectivity index (χ0v) is 10.9. The van der Waals surface area contributed by atoms with Gasteiger partial charge in [-0.15, -0.1) is 0 Å². The van der Waals surface area contributed by atoms with Gasteiger partial charge in [0.15, 0.2) is 0 Å². The fourth-order valence-electron chi connectivity index (χ4n) is 1.92. The molecule has 5 nitrogen and oxygen atoms in total. The van der Waals surface area contributed by atoms with E-state index in [0.29, 0.717) is 12.2 Å². The van der Waals surface area contributed by atoms with E-state index < -0.39 is 4.92 Å². The summed E-state index contributed by atoms with van der Waals surface area (Å²) >= 11 is 0. The summed E-state index contributed by atoms with van der Waals surface area (Å²) in [5.41, 5.74) is 9.54. The molecule has 2 aromatic rings. The van der Waals surface area contributed by atoms with Gasteiger partial charge in [-0.3, -0.25) is 10.1 Å². The maximum Gasteiger partial charge on any atom is 0.433 e. The van der Waals surface area contributed by atoms with Gasteiger partial charge in [-0.1, -0.05) is 18.2 Å². The minimum Gasteiger partial charge on any atom is -0.404 e. The summed E-state index contributed by atoms with van der Waals surface area (Å²) in [6.45, 7) is 4.09. The van der Waals surface area contributed by atoms with E-state index in [-0.39, 0.29) is 11.9 Å². The Balaban J connectivity index is 2.13. The first-order valence-electron chi connectivity index (χ1n) is 6.03. The smallest absolute Gasteiger partial charge is 0.404 e. The first-order valence-corrected chi connectivity index (χ1v) is 6.03. The molecule has 5 heteroatoms. The molecule has 2 N–H and O–H groups in total. The van der Waals surface area contributed by atoms with Crippen LogP contribution in [-0.2, 0) is 6.42 Å². The third-order valence-corrected chi connectivity index (χ3v) is 3.18. The highest BCUT2D eigenvalue weighted by atomic mass is 16.6. The quantitative estimate of drug-likeness (QED) is 0.676. The van der Waals surface area contributed by atoms with Crippen molar-refractivity contribution in [3.8, 4) is 0 Å². The van der Waals surface area contributed by atoms with E-state index in [4.69, 9.17) is 10.2 Å². The SMILES string of the molecule is Cc1ccc(CC(N)c2ccc([N+](=O)[O-])o2)cc1C. The lowest BCUT2D eigenvalue weighted by Gasteiger charge is -2.10. The highest BCUT2D eigenvalue weighted by Crippen LogP contribution is 2.23. The first kappa shape index (κ1) is 13.3. The van der Waals surface area contributed by atoms with Gasteiger partial charge in [0, 0.05) is 0 Å². The predicted octanol–water partition coefficient (Wildman–Crippen LogP) is 3.05. The molecule has 0 aliphatic heterocycles. The van der Waals surface area contributed by atoms with Gasteiger partial charge < -0.3 is 10.2 Å². The van der Waals surface area contributed by atoms with Gasteiger partial charge in [-0.25, -0.2) is 0 Å². The van der Waals surface area contributed by atoms with Crippen LogP contribution in [0.25, 0.3) is 0 Å². The van der Waals surface area contributed by atoms with Crippen LogP contribution in [0.2, 0.25) is 0 Å². The van der Waals surface area contributed by atoms with Gasteiger partial charge in [0.25, 0.3) is 0 Å². The summed E-state index contributed by atoms with van der Waals surface area (Å²) in [6.07, 6.45) is 0.589. The molecule has 19 heavy (non-hydrogen) atoms. The van der Waals surface area contributed by atoms with E-state index >= 15 is 0 Å². The van der Waals surface area contributed by atoms with Crippen molar-refractivity contribution in [3.05, 3.63) is 62.9 Å². The Hall–Kier alpha value is -2.14. The molecule has 0 amide bonds. The van der Waals surface area contributed by atoms with Gasteiger partial charge in [0.1, 0.15) is 10.7 Å². The molecule has 1 atom stereocenters. The monoisotopic (exact) mass is 260 g/mol. The fourth-order valence-corrected chi connectivity index (χ4v) is 1.92. The zero-order chi connectivity index (χ0) is 14.0. The van der Waals surface area contributed by atoms with Gasteiger partial charge in [0.05, 0.1) is 12.1 Å². The van der Waals surface area contributed by atoms with Crippen LogP contribution in [-0.4, -0.2) is 4.92 Å². The normalized spacial score (nSPS) is 12.4. The molecule has 0 aliphatic carbocycles. The van der Waals surface area contributed by atoms with E-state index in [1.54, 1.807) is 6.07 Å². The van der Waals surface area contributed by atoms with Crippen molar-refractivity contribution >= 4 is 5.88 Å². The third-order valence-electron chi connectivity index (χ3n) is 3.18. The Bertz CT molecular complexity index is 604. The van der Waals surface area contributed by atoms with Crippen molar-refractivity contribution in [1.29, 1.82) is 0 Å². The highest BCUT2D eigenvalue weighted by Gasteiger charge is 2.17. The Labute approximate surface area is 111 Å². The minimum atomic E-state index is -0.563. The number of nitrogens with two attached hydrogens (primary N) is 1. The molecule has 1 heterocycles. The predicted molar refractivity (Wildman–Crippen MR) is 71.9 cm³/mol. The van der Waals surface area contributed by atoms with Crippen LogP contribution in [0.15, 0.2) is 34.7 Å². The number of hydrogen-bond donors (Lipinski definition) is 1. The molecule has 0 radical (unpaired) electrons. The van der Waals surface area contributed by atoms with Crippen LogP contribution in [0.3, 0.4) is 0 Å². The van der Waals surface area contributed by atoms with Crippen molar-refractivity contribution in [2.24, 2.45) is 5.73 Å². The third kappa shape index (κ3) is 3.00. The Morgan fingerprint density at radius 3 is 2.58 bits per heavy atom. The molecule has 0 saturated heterocycles. The van der Waals surface area contributed by atoms with E-state index in [2.05, 4.69) is 13.0 Å². The van der Waals surface area contributed by atoms with Crippen molar-refractivity contribution in [2.75, 3.05) is 0 Å². The van der Waals surface area contributed by atoms with E-state index in [0.717, 1.165) is 5.56 Å². The Morgan fingerprint density at radius 2 is 2.00 bits per heavy atom. The van der Waals surface area contributed by atoms with Crippen molar-refractivity contribution in [3.63, 3.8) is 0 Å². The number of hydrogen-bond acceptors (Lipinski definition) is 4. The second-order valence-corrected chi connectivity index (χ2v) is 4.66. The lowest BCUT2D eigenvalue weighted by molar-refractivity contribution is -0.402. The summed E-state index contributed by atoms with van der Waals surface area (Å²) in [7, 11) is 0. The second-order valence-electron chi connectivity index (χ2n) is 4.66. The van der Waals surface area contributed by atoms with E-state index in [1.807, 2.05) is 19.1 Å². The van der Waals surface area contributed by atoms with Crippen LogP contribution >= 0.6 is 0 Å². The lowest BCUT2D eigenvalue weighted by Crippen LogP contribution is -2.12. The number of aryl methyl sites for hydroxylation is 2. The summed E-state index contributed by atoms with van der Waals surface area (Å²) in [4.78, 5) is 9.99. The molecule has 2 rings (SSSR count). The largest absolute Gasteiger partial charge is 0.433 e. The Kier molecular flexibility index (Phi) is 3.66. The first-order chi connectivity index (χ1) is 8.97. The number of furan rings is 1. The summed E-state index contributed by atoms with van der Waals surface area (Å²) < 4.78 is 5.11. The van der Waals surface area contributed by atoms with Gasteiger partial charge in [-0.05, 0) is 43.0 Å². The highest BCUT2D eigenvalue weighted by molar-refractivity contribution is 5.31. The average molecular weight is 260 g/mol. The molecule has 0 aliphatic rings. The van der Waals surface area contributed by atoms with Crippen LogP contribution in [0.1, 0.15) is 28.5 Å². The summed E-state index contributed by atoms with van der Waals surface area (Å²) in [5, 5.41) is 10.5. The molecular formula is C14H16N2O3. The van der Waals surface area contributed by atoms with Crippen LogP contribution in [0.4, 0.5) is 5.88 Å². The number of benzene rings is 1. The number of nitrogens with zero attached hydrogens (tertiary/aromatic N) is 1. The van der Waals surface area contributed by atoms with Gasteiger partial charge >= 0.3 is 5.88 Å². The molecular weight excluding hydrogens is 244 g/mol. The maximum absolute atomic E-state index is 10.5. The molecule has 1 aromatic carbocycles. The van der Waals surface area contributed by atoms with Crippen LogP contribution < -0.4 is 5.73 Å². The van der Waals surface area contributed by atoms with Crippen molar-refractivity contribution in [1.82, 2.24) is 0 Å². The summed E-state index contributed by atoms with van der Waals surface area (Å²) in [5.74, 6) is 0.162.